The first-order chi connectivity index (χ1) is 23.3. The van der Waals surface area contributed by atoms with E-state index < -0.39 is 6.10 Å². The van der Waals surface area contributed by atoms with Gasteiger partial charge in [0.05, 0.1) is 37.9 Å². The maximum atomic E-state index is 13.4. The topological polar surface area (TPSA) is 156 Å². The first-order valence-electron chi connectivity index (χ1n) is 14.0. The van der Waals surface area contributed by atoms with E-state index in [0.717, 1.165) is 15.7 Å². The molecule has 4 aromatic heterocycles. The Morgan fingerprint density at radius 2 is 1.24 bits per heavy atom. The van der Waals surface area contributed by atoms with Crippen LogP contribution in [0.25, 0.3) is 11.4 Å². The van der Waals surface area contributed by atoms with Crippen LogP contribution in [0.4, 0.5) is 8.78 Å². The Morgan fingerprint density at radius 1 is 0.735 bits per heavy atom. The number of nitriles is 2. The Morgan fingerprint density at radius 3 is 1.71 bits per heavy atom. The van der Waals surface area contributed by atoms with Crippen LogP contribution in [0, 0.1) is 59.0 Å². The average Bonchev–Trinajstić information content (AvgIpc) is 3.82. The fourth-order valence-corrected chi connectivity index (χ4v) is 6.27. The van der Waals surface area contributed by atoms with Crippen LogP contribution < -0.4 is 0 Å². The van der Waals surface area contributed by atoms with Gasteiger partial charge in [-0.25, -0.2) is 18.1 Å². The molecule has 17 heteroatoms. The average molecular weight is 1000 g/mol. The molecule has 0 bridgehead atoms. The lowest BCUT2D eigenvalue weighted by molar-refractivity contribution is 0.111. The van der Waals surface area contributed by atoms with Crippen LogP contribution in [0.1, 0.15) is 50.8 Å². The number of halogens is 5. The molecule has 1 unspecified atom stereocenters. The molecule has 1 atom stereocenters. The number of aliphatic hydroxyl groups is 1. The summed E-state index contributed by atoms with van der Waals surface area (Å²) < 4.78 is 34.9. The summed E-state index contributed by atoms with van der Waals surface area (Å²) in [6, 6.07) is 19.3. The van der Waals surface area contributed by atoms with E-state index in [9.17, 15) is 18.7 Å². The second kappa shape index (κ2) is 16.6. The van der Waals surface area contributed by atoms with Crippen LogP contribution >= 0.6 is 67.8 Å². The molecule has 12 nitrogen and oxygen atoms in total. The van der Waals surface area contributed by atoms with Crippen molar-refractivity contribution in [2.24, 2.45) is 14.1 Å². The highest BCUT2D eigenvalue weighted by Crippen LogP contribution is 2.28. The number of benzene rings is 2. The standard InChI is InChI=1S/C16H13FIN5O.C11H8FIN2O.C5H4IN3/c1-9-5-15(16(24)14-7-11(8-19)21-22(14)2)23(20-9)13-4-3-10(17)6-12(13)18;1-7-4-9(6-16)15(14-7)11-3-2-8(12)5-10(11)13;1-9-5(6)2-4(3-7)8-9/h3-7,16,24H,1-2H3;2-6H,1H3;2H,1H3. The number of nitrogens with zero attached hydrogens (tertiary/aromatic N) is 10. The summed E-state index contributed by atoms with van der Waals surface area (Å²) in [5.41, 5.74) is 5.00. The predicted molar refractivity (Wildman–Crippen MR) is 200 cm³/mol. The van der Waals surface area contributed by atoms with Gasteiger partial charge in [-0.1, -0.05) is 0 Å². The maximum absolute atomic E-state index is 13.4. The van der Waals surface area contributed by atoms with Crippen LogP contribution in [-0.4, -0.2) is 50.5 Å². The van der Waals surface area contributed by atoms with Crippen molar-refractivity contribution >= 4 is 74.1 Å². The minimum Gasteiger partial charge on any atom is -0.380 e. The van der Waals surface area contributed by atoms with Gasteiger partial charge in [-0.3, -0.25) is 14.2 Å². The van der Waals surface area contributed by atoms with Gasteiger partial charge >= 0.3 is 0 Å². The molecule has 250 valence electrons. The van der Waals surface area contributed by atoms with E-state index in [0.29, 0.717) is 47.0 Å². The van der Waals surface area contributed by atoms with E-state index in [2.05, 4.69) is 43.0 Å². The summed E-state index contributed by atoms with van der Waals surface area (Å²) in [6.07, 6.45) is -0.286. The van der Waals surface area contributed by atoms with Crippen LogP contribution in [-0.2, 0) is 14.1 Å². The number of aldehydes is 1. The second-order valence-corrected chi connectivity index (χ2v) is 13.7. The lowest BCUT2D eigenvalue weighted by Crippen LogP contribution is -2.12. The van der Waals surface area contributed by atoms with E-state index in [-0.39, 0.29) is 17.3 Å². The van der Waals surface area contributed by atoms with Gasteiger partial charge in [0, 0.05) is 33.4 Å². The van der Waals surface area contributed by atoms with Crippen molar-refractivity contribution in [2.45, 2.75) is 20.0 Å². The molecule has 0 fully saturated rings. The molecule has 6 aromatic rings. The summed E-state index contributed by atoms with van der Waals surface area (Å²) in [7, 11) is 3.47. The van der Waals surface area contributed by atoms with Crippen molar-refractivity contribution < 1.29 is 18.7 Å². The summed E-state index contributed by atoms with van der Waals surface area (Å²) in [5, 5.41) is 44.6. The minimum absolute atomic E-state index is 0.227. The van der Waals surface area contributed by atoms with Gasteiger partial charge in [0.1, 0.15) is 35.6 Å². The predicted octanol–water partition coefficient (Wildman–Crippen LogP) is 6.24. The van der Waals surface area contributed by atoms with Gasteiger partial charge in [-0.2, -0.15) is 30.9 Å². The number of hydrogen-bond acceptors (Lipinski definition) is 8. The SMILES string of the molecule is Cc1cc(C(O)c2cc(C#N)nn2C)n(-c2ccc(F)cc2I)n1.Cc1cc(C=O)n(-c2ccc(F)cc2I)n1.Cn1nc(C#N)cc1I. The molecule has 1 N–H and O–H groups in total. The molecule has 49 heavy (non-hydrogen) atoms. The lowest BCUT2D eigenvalue weighted by atomic mass is 10.1. The molecule has 0 aliphatic rings. The Kier molecular flexibility index (Phi) is 12.8. The molecule has 0 saturated heterocycles. The third-order valence-electron chi connectivity index (χ3n) is 6.64. The molecule has 0 radical (unpaired) electrons. The molecular formula is C32H25F2I3N10O2. The van der Waals surface area contributed by atoms with Gasteiger partial charge in [-0.15, -0.1) is 0 Å². The van der Waals surface area contributed by atoms with E-state index >= 15 is 0 Å². The highest BCUT2D eigenvalue weighted by atomic mass is 127. The molecule has 4 heterocycles. The summed E-state index contributed by atoms with van der Waals surface area (Å²) in [4.78, 5) is 10.9. The minimum atomic E-state index is -1.02. The van der Waals surface area contributed by atoms with Crippen molar-refractivity contribution in [3.05, 3.63) is 123 Å². The first kappa shape index (κ1) is 37.8. The highest BCUT2D eigenvalue weighted by molar-refractivity contribution is 14.1. The number of aliphatic hydroxyl groups excluding tert-OH is 1. The number of carbonyl (C=O) groups excluding carboxylic acids is 1. The van der Waals surface area contributed by atoms with Crippen LogP contribution in [0.2, 0.25) is 0 Å². The van der Waals surface area contributed by atoms with Gasteiger partial charge in [-0.05, 0) is 130 Å². The maximum Gasteiger partial charge on any atom is 0.168 e. The summed E-state index contributed by atoms with van der Waals surface area (Å²) >= 11 is 6.16. The smallest absolute Gasteiger partial charge is 0.168 e. The number of rotatable bonds is 5. The summed E-state index contributed by atoms with van der Waals surface area (Å²) in [6.45, 7) is 3.62. The van der Waals surface area contributed by atoms with Gasteiger partial charge < -0.3 is 5.11 Å². The fourth-order valence-electron chi connectivity index (χ4n) is 4.45. The molecule has 2 aromatic carbocycles. The number of aromatic nitrogens is 8. The third-order valence-corrected chi connectivity index (χ3v) is 9.38. The number of carbonyl (C=O) groups is 1. The van der Waals surface area contributed by atoms with Crippen molar-refractivity contribution in [1.82, 2.24) is 39.1 Å². The van der Waals surface area contributed by atoms with E-state index in [1.807, 2.05) is 71.3 Å². The Balaban J connectivity index is 0.000000185. The molecular weight excluding hydrogens is 975 g/mol. The Labute approximate surface area is 320 Å². The molecule has 0 saturated carbocycles. The van der Waals surface area contributed by atoms with E-state index in [4.69, 9.17) is 10.5 Å². The number of aryl methyl sites for hydroxylation is 4. The van der Waals surface area contributed by atoms with Crippen LogP contribution in [0.3, 0.4) is 0 Å². The second-order valence-electron chi connectivity index (χ2n) is 10.2. The molecule has 0 amide bonds. The van der Waals surface area contributed by atoms with Crippen LogP contribution in [0.15, 0.2) is 60.7 Å². The van der Waals surface area contributed by atoms with Crippen LogP contribution in [0.5, 0.6) is 0 Å². The quantitative estimate of drug-likeness (QED) is 0.157. The zero-order valence-electron chi connectivity index (χ0n) is 26.1. The number of hydrogen-bond donors (Lipinski definition) is 1. The highest BCUT2D eigenvalue weighted by Gasteiger charge is 2.23. The molecule has 0 aliphatic carbocycles. The van der Waals surface area contributed by atoms with Crippen molar-refractivity contribution in [3.63, 3.8) is 0 Å². The third kappa shape index (κ3) is 9.14. The van der Waals surface area contributed by atoms with Crippen molar-refractivity contribution in [1.29, 1.82) is 10.5 Å². The molecule has 6 rings (SSSR count). The Hall–Kier alpha value is -4.06. The monoisotopic (exact) mass is 1000 g/mol. The Bertz CT molecular complexity index is 2210. The zero-order valence-corrected chi connectivity index (χ0v) is 32.6. The van der Waals surface area contributed by atoms with Gasteiger partial charge in [0.25, 0.3) is 0 Å². The van der Waals surface area contributed by atoms with E-state index in [1.165, 1.54) is 39.7 Å². The normalized spacial score (nSPS) is 11.0. The molecule has 0 spiro atoms. The largest absolute Gasteiger partial charge is 0.380 e. The van der Waals surface area contributed by atoms with Gasteiger partial charge in [0.2, 0.25) is 0 Å². The van der Waals surface area contributed by atoms with Crippen molar-refractivity contribution in [2.75, 3.05) is 0 Å². The van der Waals surface area contributed by atoms with Gasteiger partial charge in [0.15, 0.2) is 17.7 Å². The van der Waals surface area contributed by atoms with Crippen molar-refractivity contribution in [3.8, 4) is 23.5 Å². The molecule has 0 aliphatic heterocycles. The zero-order chi connectivity index (χ0) is 36.0. The lowest BCUT2D eigenvalue weighted by Gasteiger charge is -2.14. The fraction of sp³-hybridized carbons (Fsp3) is 0.156. The van der Waals surface area contributed by atoms with E-state index in [1.54, 1.807) is 53.7 Å². The summed E-state index contributed by atoms with van der Waals surface area (Å²) in [5.74, 6) is -0.635. The first-order valence-corrected chi connectivity index (χ1v) is 17.2.